The van der Waals surface area contributed by atoms with Gasteiger partial charge in [-0.25, -0.2) is 9.97 Å². The molecule has 0 atom stereocenters. The van der Waals surface area contributed by atoms with Gasteiger partial charge in [-0.2, -0.15) is 0 Å². The smallest absolute Gasteiger partial charge is 0.257 e. The number of ether oxygens (including phenoxy) is 1. The Labute approximate surface area is 214 Å². The molecule has 1 aliphatic rings. The van der Waals surface area contributed by atoms with Crippen LogP contribution in [0.3, 0.4) is 0 Å². The summed E-state index contributed by atoms with van der Waals surface area (Å²) in [5, 5.41) is 5.01. The summed E-state index contributed by atoms with van der Waals surface area (Å²) in [7, 11) is 0. The van der Waals surface area contributed by atoms with Crippen LogP contribution in [-0.2, 0) is 11.3 Å². The van der Waals surface area contributed by atoms with Gasteiger partial charge in [-0.3, -0.25) is 9.59 Å². The molecule has 2 aromatic carbocycles. The van der Waals surface area contributed by atoms with E-state index < -0.39 is 0 Å². The highest BCUT2D eigenvalue weighted by Gasteiger charge is 2.22. The first kappa shape index (κ1) is 24.9. The molecule has 36 heavy (non-hydrogen) atoms. The van der Waals surface area contributed by atoms with E-state index in [9.17, 15) is 9.59 Å². The number of amides is 2. The summed E-state index contributed by atoms with van der Waals surface area (Å²) in [6.45, 7) is 1.01. The molecule has 1 saturated heterocycles. The van der Waals surface area contributed by atoms with Gasteiger partial charge >= 0.3 is 0 Å². The standard InChI is InChI=1S/C26H22ClN5O3.CH4/c27-18-13-22(25(34)30-14-16-3-8-21-17(12-16)9-10-29-24(21)28)26(31-15-18)35-20-6-4-19(5-7-20)32-11-1-2-23(32)33;/h3-10,12-13,15H,1-2,11,14H2,(H2,28,29)(H,30,34);1H4. The molecule has 2 amide bonds. The Morgan fingerprint density at radius 1 is 1.11 bits per heavy atom. The van der Waals surface area contributed by atoms with Crippen molar-refractivity contribution in [2.24, 2.45) is 0 Å². The summed E-state index contributed by atoms with van der Waals surface area (Å²) >= 11 is 6.12. The number of aromatic nitrogens is 2. The number of nitrogens with two attached hydrogens (primary N) is 1. The van der Waals surface area contributed by atoms with E-state index in [1.807, 2.05) is 36.4 Å². The highest BCUT2D eigenvalue weighted by atomic mass is 35.5. The van der Waals surface area contributed by atoms with Crippen LogP contribution in [-0.4, -0.2) is 28.3 Å². The molecule has 4 aromatic rings. The molecular weight excluding hydrogens is 478 g/mol. The SMILES string of the molecule is C.Nc1nccc2cc(CNC(=O)c3cc(Cl)cnc3Oc3ccc(N4CCCC4=O)cc3)ccc12. The quantitative estimate of drug-likeness (QED) is 0.367. The molecule has 0 unspecified atom stereocenters. The zero-order chi connectivity index (χ0) is 24.4. The van der Waals surface area contributed by atoms with Crippen molar-refractivity contribution in [2.75, 3.05) is 17.2 Å². The van der Waals surface area contributed by atoms with Gasteiger partial charge < -0.3 is 20.7 Å². The second-order valence-electron chi connectivity index (χ2n) is 8.19. The van der Waals surface area contributed by atoms with E-state index in [2.05, 4.69) is 15.3 Å². The van der Waals surface area contributed by atoms with Crippen LogP contribution < -0.4 is 20.7 Å². The zero-order valence-electron chi connectivity index (χ0n) is 18.7. The average molecular weight is 504 g/mol. The number of rotatable bonds is 6. The fourth-order valence-electron chi connectivity index (χ4n) is 4.04. The van der Waals surface area contributed by atoms with Crippen molar-refractivity contribution < 1.29 is 14.3 Å². The molecule has 1 aliphatic heterocycles. The van der Waals surface area contributed by atoms with Gasteiger partial charge in [-0.1, -0.05) is 31.2 Å². The highest BCUT2D eigenvalue weighted by Crippen LogP contribution is 2.29. The van der Waals surface area contributed by atoms with E-state index >= 15 is 0 Å². The normalized spacial score (nSPS) is 12.9. The summed E-state index contributed by atoms with van der Waals surface area (Å²) in [6, 6.07) is 16.2. The van der Waals surface area contributed by atoms with Crippen molar-refractivity contribution in [3.05, 3.63) is 83.1 Å². The highest BCUT2D eigenvalue weighted by molar-refractivity contribution is 6.30. The third-order valence-electron chi connectivity index (χ3n) is 5.81. The van der Waals surface area contributed by atoms with Crippen LogP contribution >= 0.6 is 11.6 Å². The Morgan fingerprint density at radius 2 is 1.92 bits per heavy atom. The number of anilines is 2. The lowest BCUT2D eigenvalue weighted by Gasteiger charge is -2.16. The van der Waals surface area contributed by atoms with Gasteiger partial charge in [-0.15, -0.1) is 0 Å². The number of hydrogen-bond donors (Lipinski definition) is 2. The van der Waals surface area contributed by atoms with Crippen LogP contribution in [0.5, 0.6) is 11.6 Å². The maximum absolute atomic E-state index is 13.0. The Hall–Kier alpha value is -4.17. The zero-order valence-corrected chi connectivity index (χ0v) is 19.5. The number of pyridine rings is 2. The molecule has 0 bridgehead atoms. The van der Waals surface area contributed by atoms with Crippen molar-refractivity contribution in [3.63, 3.8) is 0 Å². The molecule has 9 heteroatoms. The number of halogens is 1. The largest absolute Gasteiger partial charge is 0.438 e. The molecule has 2 aromatic heterocycles. The van der Waals surface area contributed by atoms with E-state index in [-0.39, 0.29) is 30.7 Å². The van der Waals surface area contributed by atoms with Gasteiger partial charge in [0.25, 0.3) is 5.91 Å². The van der Waals surface area contributed by atoms with E-state index in [0.717, 1.165) is 28.4 Å². The van der Waals surface area contributed by atoms with Crippen LogP contribution in [0, 0.1) is 0 Å². The van der Waals surface area contributed by atoms with Gasteiger partial charge in [-0.05, 0) is 59.8 Å². The van der Waals surface area contributed by atoms with Crippen LogP contribution in [0.2, 0.25) is 5.02 Å². The van der Waals surface area contributed by atoms with Crippen molar-refractivity contribution >= 4 is 45.7 Å². The second kappa shape index (κ2) is 10.6. The molecule has 0 radical (unpaired) electrons. The van der Waals surface area contributed by atoms with Crippen LogP contribution in [0.25, 0.3) is 10.8 Å². The topological polar surface area (TPSA) is 110 Å². The molecule has 8 nitrogen and oxygen atoms in total. The second-order valence-corrected chi connectivity index (χ2v) is 8.62. The van der Waals surface area contributed by atoms with Gasteiger partial charge in [0.05, 0.1) is 5.02 Å². The summed E-state index contributed by atoms with van der Waals surface area (Å²) in [4.78, 5) is 35.0. The lowest BCUT2D eigenvalue weighted by Crippen LogP contribution is -2.23. The molecule has 184 valence electrons. The average Bonchev–Trinajstić information content (AvgIpc) is 3.30. The van der Waals surface area contributed by atoms with Crippen molar-refractivity contribution in [1.29, 1.82) is 0 Å². The molecule has 0 aliphatic carbocycles. The number of fused-ring (bicyclic) bond motifs is 1. The molecule has 5 rings (SSSR count). The minimum atomic E-state index is -0.372. The number of carbonyl (C=O) groups excluding carboxylic acids is 2. The van der Waals surface area contributed by atoms with Crippen molar-refractivity contribution in [2.45, 2.75) is 26.8 Å². The first-order valence-corrected chi connectivity index (χ1v) is 11.5. The number of benzene rings is 2. The van der Waals surface area contributed by atoms with Gasteiger partial charge in [0.1, 0.15) is 17.1 Å². The van der Waals surface area contributed by atoms with Gasteiger partial charge in [0.15, 0.2) is 0 Å². The monoisotopic (exact) mass is 503 g/mol. The fraction of sp³-hybridized carbons (Fsp3) is 0.185. The van der Waals surface area contributed by atoms with Gasteiger partial charge in [0.2, 0.25) is 11.8 Å². The minimum Gasteiger partial charge on any atom is -0.438 e. The van der Waals surface area contributed by atoms with E-state index in [0.29, 0.717) is 36.1 Å². The first-order chi connectivity index (χ1) is 17.0. The van der Waals surface area contributed by atoms with E-state index in [1.54, 1.807) is 23.2 Å². The van der Waals surface area contributed by atoms with E-state index in [1.165, 1.54) is 12.3 Å². The van der Waals surface area contributed by atoms with Crippen molar-refractivity contribution in [3.8, 4) is 11.6 Å². The van der Waals surface area contributed by atoms with Crippen molar-refractivity contribution in [1.82, 2.24) is 15.3 Å². The number of nitrogen functional groups attached to an aromatic ring is 1. The van der Waals surface area contributed by atoms with Crippen LogP contribution in [0.1, 0.15) is 36.2 Å². The lowest BCUT2D eigenvalue weighted by atomic mass is 10.1. The molecule has 1 fully saturated rings. The lowest BCUT2D eigenvalue weighted by molar-refractivity contribution is -0.117. The Bertz CT molecular complexity index is 1430. The minimum absolute atomic E-state index is 0. The predicted molar refractivity (Wildman–Crippen MR) is 141 cm³/mol. The molecular formula is C27H26ClN5O3. The van der Waals surface area contributed by atoms with Gasteiger partial charge in [0, 0.05) is 43.0 Å². The third kappa shape index (κ3) is 5.23. The molecule has 0 spiro atoms. The number of hydrogen-bond acceptors (Lipinski definition) is 6. The Kier molecular flexibility index (Phi) is 7.36. The van der Waals surface area contributed by atoms with Crippen LogP contribution in [0.4, 0.5) is 11.5 Å². The Balaban J connectivity index is 0.00000304. The Morgan fingerprint density at radius 3 is 2.67 bits per heavy atom. The predicted octanol–water partition coefficient (Wildman–Crippen LogP) is 5.35. The summed E-state index contributed by atoms with van der Waals surface area (Å²) in [5.74, 6) is 0.830. The number of nitrogens with zero attached hydrogens (tertiary/aromatic N) is 3. The number of nitrogens with one attached hydrogen (secondary N) is 1. The maximum Gasteiger partial charge on any atom is 0.257 e. The third-order valence-corrected chi connectivity index (χ3v) is 6.02. The first-order valence-electron chi connectivity index (χ1n) is 11.1. The molecule has 3 heterocycles. The summed E-state index contributed by atoms with van der Waals surface area (Å²) in [5.41, 5.74) is 7.84. The molecule has 3 N–H and O–H groups in total. The summed E-state index contributed by atoms with van der Waals surface area (Å²) < 4.78 is 5.90. The van der Waals surface area contributed by atoms with Crippen LogP contribution in [0.15, 0.2) is 67.0 Å². The number of carbonyl (C=O) groups is 2. The molecule has 0 saturated carbocycles. The summed E-state index contributed by atoms with van der Waals surface area (Å²) in [6.07, 6.45) is 4.49. The fourth-order valence-corrected chi connectivity index (χ4v) is 4.19. The maximum atomic E-state index is 13.0. The van der Waals surface area contributed by atoms with E-state index in [4.69, 9.17) is 22.1 Å².